The summed E-state index contributed by atoms with van der Waals surface area (Å²) in [6.45, 7) is 3.29. The third-order valence-electron chi connectivity index (χ3n) is 4.27. The second kappa shape index (κ2) is 7.85. The number of amides is 1. The van der Waals surface area contributed by atoms with E-state index < -0.39 is 5.54 Å². The first-order valence-electron chi connectivity index (χ1n) is 8.54. The highest BCUT2D eigenvalue weighted by molar-refractivity contribution is 7.13. The molecule has 2 heterocycles. The number of thiophene rings is 1. The van der Waals surface area contributed by atoms with Gasteiger partial charge in [0.2, 0.25) is 0 Å². The zero-order valence-electron chi connectivity index (χ0n) is 16.1. The number of rotatable bonds is 6. The lowest BCUT2D eigenvalue weighted by Gasteiger charge is -2.25. The molecule has 28 heavy (non-hydrogen) atoms. The maximum atomic E-state index is 13.0. The molecule has 146 valence electrons. The van der Waals surface area contributed by atoms with Crippen molar-refractivity contribution in [1.29, 1.82) is 0 Å². The quantitative estimate of drug-likeness (QED) is 0.687. The first-order chi connectivity index (χ1) is 13.3. The summed E-state index contributed by atoms with van der Waals surface area (Å²) in [6.07, 6.45) is 0. The molecule has 0 radical (unpaired) electrons. The maximum absolute atomic E-state index is 13.0. The van der Waals surface area contributed by atoms with Crippen LogP contribution in [-0.4, -0.2) is 29.9 Å². The second-order valence-corrected chi connectivity index (χ2v) is 7.51. The Morgan fingerprint density at radius 2 is 1.79 bits per heavy atom. The minimum atomic E-state index is -1.22. The maximum Gasteiger partial charge on any atom is 0.267 e. The van der Waals surface area contributed by atoms with Crippen LogP contribution in [0.5, 0.6) is 11.5 Å². The number of hydrogen-bond donors (Lipinski definition) is 1. The van der Waals surface area contributed by atoms with Crippen LogP contribution in [0.15, 0.2) is 52.6 Å². The number of carbonyl (C=O) groups is 1. The van der Waals surface area contributed by atoms with Crippen LogP contribution in [-0.2, 0) is 10.3 Å². The highest BCUT2D eigenvalue weighted by Gasteiger charge is 2.32. The molecule has 3 rings (SSSR count). The van der Waals surface area contributed by atoms with Crippen LogP contribution in [0.2, 0.25) is 0 Å². The Kier molecular flexibility index (Phi) is 5.51. The summed E-state index contributed by atoms with van der Waals surface area (Å²) in [5, 5.41) is 9.17. The minimum Gasteiger partial charge on any atom is -0.497 e. The Balaban J connectivity index is 1.93. The molecule has 0 saturated heterocycles. The molecular weight excluding hydrogens is 378 g/mol. The third-order valence-corrected chi connectivity index (χ3v) is 5.16. The van der Waals surface area contributed by atoms with Crippen molar-refractivity contribution in [1.82, 2.24) is 9.78 Å². The molecular formula is C20H21N3O4S. The molecule has 0 aliphatic carbocycles. The topological polar surface area (TPSA) is 82.5 Å². The number of methoxy groups -OCH3 is 2. The fraction of sp³-hybridized carbons (Fsp3) is 0.250. The predicted molar refractivity (Wildman–Crippen MR) is 109 cm³/mol. The van der Waals surface area contributed by atoms with E-state index in [1.54, 1.807) is 38.1 Å². The van der Waals surface area contributed by atoms with E-state index in [0.29, 0.717) is 22.9 Å². The standard InChI is InChI=1S/C20H21N3O4S/c1-20(2,19(25)21-13-10-14(26-3)12-15(11-13)27-4)23-18(24)8-7-16(22-23)17-6-5-9-28-17/h5-12H,1-4H3,(H,21,25). The molecule has 0 fully saturated rings. The summed E-state index contributed by atoms with van der Waals surface area (Å²) in [7, 11) is 3.06. The van der Waals surface area contributed by atoms with Crippen LogP contribution < -0.4 is 20.3 Å². The van der Waals surface area contributed by atoms with E-state index in [0.717, 1.165) is 4.88 Å². The van der Waals surface area contributed by atoms with Crippen molar-refractivity contribution in [3.63, 3.8) is 0 Å². The molecule has 0 unspecified atom stereocenters. The van der Waals surface area contributed by atoms with Crippen LogP contribution >= 0.6 is 11.3 Å². The third kappa shape index (κ3) is 3.91. The SMILES string of the molecule is COc1cc(NC(=O)C(C)(C)n2nc(-c3cccs3)ccc2=O)cc(OC)c1. The van der Waals surface area contributed by atoms with Crippen molar-refractivity contribution in [3.8, 4) is 22.1 Å². The van der Waals surface area contributed by atoms with Crippen LogP contribution in [0.4, 0.5) is 5.69 Å². The summed E-state index contributed by atoms with van der Waals surface area (Å²) >= 11 is 1.51. The lowest BCUT2D eigenvalue weighted by Crippen LogP contribution is -2.47. The van der Waals surface area contributed by atoms with Gasteiger partial charge in [-0.1, -0.05) is 6.07 Å². The van der Waals surface area contributed by atoms with E-state index in [1.807, 2.05) is 17.5 Å². The van der Waals surface area contributed by atoms with Gasteiger partial charge in [0.1, 0.15) is 22.7 Å². The lowest BCUT2D eigenvalue weighted by molar-refractivity contribution is -0.123. The molecule has 1 amide bonds. The Bertz CT molecular complexity index is 1020. The Morgan fingerprint density at radius 1 is 1.11 bits per heavy atom. The van der Waals surface area contributed by atoms with Crippen molar-refractivity contribution in [2.75, 3.05) is 19.5 Å². The first-order valence-corrected chi connectivity index (χ1v) is 9.42. The summed E-state index contributed by atoms with van der Waals surface area (Å²) in [6, 6.07) is 12.0. The monoisotopic (exact) mass is 399 g/mol. The Labute approximate surface area is 166 Å². The van der Waals surface area contributed by atoms with E-state index in [4.69, 9.17) is 9.47 Å². The zero-order chi connectivity index (χ0) is 20.3. The molecule has 0 aliphatic heterocycles. The number of nitrogens with zero attached hydrogens (tertiary/aromatic N) is 2. The lowest BCUT2D eigenvalue weighted by atomic mass is 10.0. The Morgan fingerprint density at radius 3 is 2.36 bits per heavy atom. The summed E-state index contributed by atoms with van der Waals surface area (Å²) in [5.41, 5.74) is -0.445. The molecule has 1 aromatic carbocycles. The molecule has 0 atom stereocenters. The molecule has 7 nitrogen and oxygen atoms in total. The van der Waals surface area contributed by atoms with Crippen LogP contribution in [0, 0.1) is 0 Å². The van der Waals surface area contributed by atoms with Gasteiger partial charge >= 0.3 is 0 Å². The predicted octanol–water partition coefficient (Wildman–Crippen LogP) is 3.36. The van der Waals surface area contributed by atoms with Crippen molar-refractivity contribution in [2.24, 2.45) is 0 Å². The number of nitrogens with one attached hydrogen (secondary N) is 1. The van der Waals surface area contributed by atoms with Crippen molar-refractivity contribution in [3.05, 3.63) is 58.2 Å². The molecule has 1 N–H and O–H groups in total. The molecule has 0 bridgehead atoms. The number of carbonyl (C=O) groups excluding carboxylic acids is 1. The van der Waals surface area contributed by atoms with Gasteiger partial charge in [-0.15, -0.1) is 11.3 Å². The fourth-order valence-electron chi connectivity index (χ4n) is 2.63. The largest absolute Gasteiger partial charge is 0.497 e. The van der Waals surface area contributed by atoms with Gasteiger partial charge in [-0.3, -0.25) is 9.59 Å². The van der Waals surface area contributed by atoms with Gasteiger partial charge in [0, 0.05) is 30.0 Å². The van der Waals surface area contributed by atoms with E-state index in [9.17, 15) is 9.59 Å². The molecule has 0 spiro atoms. The average molecular weight is 399 g/mol. The van der Waals surface area contributed by atoms with Gasteiger partial charge in [-0.05, 0) is 31.4 Å². The molecule has 8 heteroatoms. The highest BCUT2D eigenvalue weighted by atomic mass is 32.1. The number of aromatic nitrogens is 2. The molecule has 0 saturated carbocycles. The van der Waals surface area contributed by atoms with Crippen molar-refractivity contribution >= 4 is 22.9 Å². The molecule has 2 aromatic heterocycles. The number of hydrogen-bond acceptors (Lipinski definition) is 6. The van der Waals surface area contributed by atoms with E-state index in [-0.39, 0.29) is 11.5 Å². The van der Waals surface area contributed by atoms with Gasteiger partial charge in [0.15, 0.2) is 0 Å². The molecule has 0 aliphatic rings. The van der Waals surface area contributed by atoms with Crippen LogP contribution in [0.1, 0.15) is 13.8 Å². The summed E-state index contributed by atoms with van der Waals surface area (Å²) in [4.78, 5) is 26.3. The highest BCUT2D eigenvalue weighted by Crippen LogP contribution is 2.27. The normalized spacial score (nSPS) is 11.1. The number of anilines is 1. The number of ether oxygens (including phenoxy) is 2. The second-order valence-electron chi connectivity index (χ2n) is 6.56. The fourth-order valence-corrected chi connectivity index (χ4v) is 3.32. The number of benzene rings is 1. The van der Waals surface area contributed by atoms with Crippen molar-refractivity contribution in [2.45, 2.75) is 19.4 Å². The molecule has 3 aromatic rings. The van der Waals surface area contributed by atoms with E-state index >= 15 is 0 Å². The smallest absolute Gasteiger partial charge is 0.267 e. The van der Waals surface area contributed by atoms with E-state index in [1.165, 1.54) is 36.3 Å². The van der Waals surface area contributed by atoms with Crippen molar-refractivity contribution < 1.29 is 14.3 Å². The van der Waals surface area contributed by atoms with Gasteiger partial charge in [-0.25, -0.2) is 4.68 Å². The summed E-state index contributed by atoms with van der Waals surface area (Å²) < 4.78 is 11.7. The minimum absolute atomic E-state index is 0.358. The van der Waals surface area contributed by atoms with Gasteiger partial charge < -0.3 is 14.8 Å². The van der Waals surface area contributed by atoms with Gasteiger partial charge in [0.25, 0.3) is 11.5 Å². The summed E-state index contributed by atoms with van der Waals surface area (Å²) in [5.74, 6) is 0.700. The zero-order valence-corrected chi connectivity index (χ0v) is 16.9. The average Bonchev–Trinajstić information content (AvgIpc) is 3.22. The van der Waals surface area contributed by atoms with E-state index in [2.05, 4.69) is 10.4 Å². The Hall–Kier alpha value is -3.13. The van der Waals surface area contributed by atoms with Crippen LogP contribution in [0.25, 0.3) is 10.6 Å². The van der Waals surface area contributed by atoms with Crippen LogP contribution in [0.3, 0.4) is 0 Å². The van der Waals surface area contributed by atoms with Gasteiger partial charge in [-0.2, -0.15) is 5.10 Å². The van der Waals surface area contributed by atoms with Gasteiger partial charge in [0.05, 0.1) is 19.1 Å². The first kappa shape index (κ1) is 19.6.